The van der Waals surface area contributed by atoms with Crippen LogP contribution in [0.4, 0.5) is 5.82 Å². The number of quaternary nitrogens is 1. The van der Waals surface area contributed by atoms with Crippen LogP contribution in [0, 0.1) is 0 Å². The number of aromatic nitrogens is 1. The van der Waals surface area contributed by atoms with Crippen LogP contribution < -0.4 is 11.2 Å². The van der Waals surface area contributed by atoms with Gasteiger partial charge in [0.1, 0.15) is 17.7 Å². The number of rotatable bonds is 7. The van der Waals surface area contributed by atoms with Crippen molar-refractivity contribution in [3.63, 3.8) is 0 Å². The summed E-state index contributed by atoms with van der Waals surface area (Å²) in [5, 5.41) is 2.79. The number of nitrogens with zero attached hydrogens (tertiary/aromatic N) is 6. The maximum atomic E-state index is 13.0. The zero-order chi connectivity index (χ0) is 26.7. The van der Waals surface area contributed by atoms with Crippen molar-refractivity contribution in [2.24, 2.45) is 15.8 Å². The van der Waals surface area contributed by atoms with E-state index in [-0.39, 0.29) is 22.4 Å². The number of pyridine rings is 1. The lowest BCUT2D eigenvalue weighted by atomic mass is 10.1. The number of nitrogens with one attached hydrogen (secondary N) is 1. The number of carbonyl (C=O) groups excluding carboxylic acids is 2. The Kier molecular flexibility index (Phi) is 7.10. The molecule has 2 aromatic rings. The summed E-state index contributed by atoms with van der Waals surface area (Å²) in [5.74, 6) is 7.69. The van der Waals surface area contributed by atoms with E-state index in [4.69, 9.17) is 10.8 Å². The monoisotopic (exact) mass is 511 g/mol. The molecule has 2 unspecified atom stereocenters. The Balaban J connectivity index is 1.41. The fourth-order valence-electron chi connectivity index (χ4n) is 4.82. The second-order valence-corrected chi connectivity index (χ2v) is 9.66. The van der Waals surface area contributed by atoms with Crippen LogP contribution >= 0.6 is 0 Å². The summed E-state index contributed by atoms with van der Waals surface area (Å²) in [5.41, 5.74) is 2.75. The summed E-state index contributed by atoms with van der Waals surface area (Å²) in [4.78, 5) is 43.0. The minimum atomic E-state index is -0.257. The van der Waals surface area contributed by atoms with Gasteiger partial charge in [-0.25, -0.2) is 4.98 Å². The van der Waals surface area contributed by atoms with Crippen LogP contribution in [0.1, 0.15) is 28.8 Å². The van der Waals surface area contributed by atoms with Crippen molar-refractivity contribution in [3.8, 4) is 0 Å². The van der Waals surface area contributed by atoms with Gasteiger partial charge in [-0.3, -0.25) is 14.6 Å². The highest BCUT2D eigenvalue weighted by atomic mass is 16.2. The van der Waals surface area contributed by atoms with E-state index in [1.165, 1.54) is 0 Å². The Morgan fingerprint density at radius 2 is 2.03 bits per heavy atom. The van der Waals surface area contributed by atoms with Crippen molar-refractivity contribution in [1.29, 1.82) is 0 Å². The van der Waals surface area contributed by atoms with E-state index in [9.17, 15) is 9.59 Å². The number of nitrogens with two attached hydrogens (primary N) is 1. The number of hydrogen-bond acceptors (Lipinski definition) is 7. The summed E-state index contributed by atoms with van der Waals surface area (Å²) in [6, 6.07) is 12.3. The Morgan fingerprint density at radius 1 is 1.21 bits per heavy atom. The SMILES string of the molecule is CN(C)C/C=C/C(=O)N1CCCC1C1=C2C=NC=C[N+]2(N)C(c2ccc(C(=O)Nc3ccccn3)cc2)=N1. The van der Waals surface area contributed by atoms with Gasteiger partial charge < -0.3 is 15.1 Å². The molecule has 0 saturated carbocycles. The third-order valence-corrected chi connectivity index (χ3v) is 6.72. The van der Waals surface area contributed by atoms with Crippen LogP contribution in [-0.4, -0.2) is 76.5 Å². The summed E-state index contributed by atoms with van der Waals surface area (Å²) in [7, 11) is 3.92. The highest BCUT2D eigenvalue weighted by Crippen LogP contribution is 2.37. The van der Waals surface area contributed by atoms with Crippen LogP contribution in [-0.2, 0) is 4.79 Å². The molecule has 194 valence electrons. The van der Waals surface area contributed by atoms with Crippen molar-refractivity contribution in [2.75, 3.05) is 32.5 Å². The molecule has 4 heterocycles. The molecule has 0 spiro atoms. The summed E-state index contributed by atoms with van der Waals surface area (Å²) in [6.07, 6.45) is 12.0. The Labute approximate surface area is 221 Å². The van der Waals surface area contributed by atoms with E-state index in [0.29, 0.717) is 30.3 Å². The second kappa shape index (κ2) is 10.6. The van der Waals surface area contributed by atoms with Crippen LogP contribution in [0.25, 0.3) is 0 Å². The minimum Gasteiger partial charge on any atom is -0.330 e. The van der Waals surface area contributed by atoms with Gasteiger partial charge in [0.05, 0.1) is 24.0 Å². The normalized spacial score (nSPS) is 22.4. The zero-order valence-electron chi connectivity index (χ0n) is 21.5. The van der Waals surface area contributed by atoms with Gasteiger partial charge >= 0.3 is 0 Å². The number of allylic oxidation sites excluding steroid dienone is 1. The van der Waals surface area contributed by atoms with Crippen molar-refractivity contribution in [1.82, 2.24) is 14.8 Å². The third kappa shape index (κ3) is 4.97. The average molecular weight is 512 g/mol. The van der Waals surface area contributed by atoms with Crippen molar-refractivity contribution >= 4 is 29.7 Å². The number of aliphatic imine (C=N–C) groups is 2. The van der Waals surface area contributed by atoms with Crippen molar-refractivity contribution in [3.05, 3.63) is 95.7 Å². The number of carbonyl (C=O) groups is 2. The smallest absolute Gasteiger partial charge is 0.264 e. The first-order valence-electron chi connectivity index (χ1n) is 12.5. The maximum absolute atomic E-state index is 13.0. The maximum Gasteiger partial charge on any atom is 0.264 e. The Morgan fingerprint density at radius 3 is 2.76 bits per heavy atom. The number of fused-ring (bicyclic) bond motifs is 1. The molecular formula is C28H31N8O2+. The van der Waals surface area contributed by atoms with Gasteiger partial charge in [0, 0.05) is 30.9 Å². The van der Waals surface area contributed by atoms with Gasteiger partial charge in [-0.15, -0.1) is 4.59 Å². The number of amidine groups is 1. The molecule has 38 heavy (non-hydrogen) atoms. The summed E-state index contributed by atoms with van der Waals surface area (Å²) in [6.45, 7) is 1.35. The molecule has 1 fully saturated rings. The van der Waals surface area contributed by atoms with Gasteiger partial charge in [0.15, 0.2) is 0 Å². The third-order valence-electron chi connectivity index (χ3n) is 6.72. The highest BCUT2D eigenvalue weighted by Gasteiger charge is 2.48. The lowest BCUT2D eigenvalue weighted by molar-refractivity contribution is -0.750. The predicted octanol–water partition coefficient (Wildman–Crippen LogP) is 2.66. The molecule has 1 aromatic carbocycles. The number of hydrogen-bond donors (Lipinski definition) is 2. The van der Waals surface area contributed by atoms with E-state index in [1.54, 1.807) is 55.2 Å². The predicted molar refractivity (Wildman–Crippen MR) is 147 cm³/mol. The molecule has 0 aliphatic carbocycles. The van der Waals surface area contributed by atoms with Crippen molar-refractivity contribution < 1.29 is 14.2 Å². The molecule has 3 N–H and O–H groups in total. The quantitative estimate of drug-likeness (QED) is 0.337. The van der Waals surface area contributed by atoms with E-state index >= 15 is 0 Å². The minimum absolute atomic E-state index is 0.0345. The molecular weight excluding hydrogens is 480 g/mol. The van der Waals surface area contributed by atoms with Crippen LogP contribution in [0.2, 0.25) is 0 Å². The van der Waals surface area contributed by atoms with E-state index in [0.717, 1.165) is 29.8 Å². The van der Waals surface area contributed by atoms with Gasteiger partial charge in [-0.1, -0.05) is 12.1 Å². The van der Waals surface area contributed by atoms with E-state index in [1.807, 2.05) is 48.2 Å². The summed E-state index contributed by atoms with van der Waals surface area (Å²) >= 11 is 0. The molecule has 0 radical (unpaired) electrons. The van der Waals surface area contributed by atoms with Crippen LogP contribution in [0.5, 0.6) is 0 Å². The van der Waals surface area contributed by atoms with Gasteiger partial charge in [-0.05, 0) is 63.3 Å². The molecule has 2 atom stereocenters. The second-order valence-electron chi connectivity index (χ2n) is 9.66. The lowest BCUT2D eigenvalue weighted by Crippen LogP contribution is -2.53. The summed E-state index contributed by atoms with van der Waals surface area (Å²) < 4.78 is -0.146. The Hall–Kier alpha value is -4.25. The first-order valence-corrected chi connectivity index (χ1v) is 12.5. The van der Waals surface area contributed by atoms with Gasteiger partial charge in [-0.2, -0.15) is 10.8 Å². The van der Waals surface area contributed by atoms with E-state index < -0.39 is 0 Å². The molecule has 1 saturated heterocycles. The average Bonchev–Trinajstić information content (AvgIpc) is 3.51. The topological polar surface area (TPSA) is 116 Å². The molecule has 1 aromatic heterocycles. The molecule has 0 bridgehead atoms. The molecule has 5 rings (SSSR count). The molecule has 10 nitrogen and oxygen atoms in total. The first-order chi connectivity index (χ1) is 18.4. The van der Waals surface area contributed by atoms with Crippen molar-refractivity contribution in [2.45, 2.75) is 18.9 Å². The number of likely N-dealkylation sites (tertiary alicyclic amines) is 1. The Bertz CT molecular complexity index is 1380. The highest BCUT2D eigenvalue weighted by molar-refractivity contribution is 6.05. The standard InChI is InChI=1S/C28H30N8O2/c1-34(2)16-6-9-25(37)35-17-5-7-22(35)26-23-19-30-15-18-36(23,29)27(33-26)20-10-12-21(13-11-20)28(38)32-24-8-3-4-14-31-24/h3-4,6,8-15,18-19,22H,5,7,16-17,29H2,1-2H3/p+1/b9-6+. The molecule has 10 heteroatoms. The van der Waals surface area contributed by atoms with Gasteiger partial charge in [0.25, 0.3) is 11.7 Å². The van der Waals surface area contributed by atoms with Gasteiger partial charge in [0.2, 0.25) is 11.6 Å². The number of likely N-dealkylation sites (N-methyl/N-ethyl adjacent to an activating group) is 1. The fraction of sp³-hybridized carbons (Fsp3) is 0.250. The number of anilines is 1. The number of benzene rings is 1. The largest absolute Gasteiger partial charge is 0.330 e. The molecule has 2 amide bonds. The lowest BCUT2D eigenvalue weighted by Gasteiger charge is -2.27. The molecule has 3 aliphatic rings. The molecule has 3 aliphatic heterocycles. The first kappa shape index (κ1) is 25.4. The zero-order valence-corrected chi connectivity index (χ0v) is 21.5. The van der Waals surface area contributed by atoms with Crippen LogP contribution in [0.3, 0.4) is 0 Å². The number of amides is 2. The van der Waals surface area contributed by atoms with Crippen LogP contribution in [0.15, 0.2) is 94.6 Å². The fourth-order valence-corrected chi connectivity index (χ4v) is 4.82. The van der Waals surface area contributed by atoms with E-state index in [2.05, 4.69) is 15.3 Å².